The first-order chi connectivity index (χ1) is 9.96. The van der Waals surface area contributed by atoms with E-state index in [9.17, 15) is 18.3 Å². The lowest BCUT2D eigenvalue weighted by atomic mass is 10.0. The molecule has 0 aliphatic rings. The monoisotopic (exact) mass is 308 g/mol. The Morgan fingerprint density at radius 1 is 1.14 bits per heavy atom. The Hall–Kier alpha value is -2.08. The van der Waals surface area contributed by atoms with Crippen molar-refractivity contribution in [2.75, 3.05) is 5.75 Å². The van der Waals surface area contributed by atoms with E-state index in [1.807, 2.05) is 6.07 Å². The number of hydrogen-bond acceptors (Lipinski definition) is 4. The van der Waals surface area contributed by atoms with Crippen molar-refractivity contribution in [1.29, 1.82) is 0 Å². The van der Waals surface area contributed by atoms with E-state index in [-0.39, 0.29) is 12.2 Å². The molecule has 0 fully saturated rings. The first-order valence-corrected chi connectivity index (χ1v) is 8.28. The molecule has 2 aromatic rings. The summed E-state index contributed by atoms with van der Waals surface area (Å²) in [6.45, 7) is 0. The van der Waals surface area contributed by atoms with E-state index in [1.165, 1.54) is 6.26 Å². The fraction of sp³-hybridized carbons (Fsp3) is 0.267. The van der Waals surface area contributed by atoms with Crippen molar-refractivity contribution in [3.8, 4) is 0 Å². The summed E-state index contributed by atoms with van der Waals surface area (Å²) < 4.78 is 29.2. The average Bonchev–Trinajstić information content (AvgIpc) is 2.91. The van der Waals surface area contributed by atoms with Gasteiger partial charge in [0, 0.05) is 0 Å². The predicted molar refractivity (Wildman–Crippen MR) is 77.5 cm³/mol. The Morgan fingerprint density at radius 3 is 2.43 bits per heavy atom. The normalized spacial score (nSPS) is 13.0. The Balaban J connectivity index is 2.07. The average molecular weight is 308 g/mol. The summed E-state index contributed by atoms with van der Waals surface area (Å²) in [5.41, 5.74) is 0.804. The van der Waals surface area contributed by atoms with E-state index in [4.69, 9.17) is 4.42 Å². The van der Waals surface area contributed by atoms with Crippen LogP contribution < -0.4 is 0 Å². The van der Waals surface area contributed by atoms with E-state index < -0.39 is 27.5 Å². The van der Waals surface area contributed by atoms with Gasteiger partial charge in [-0.3, -0.25) is 4.79 Å². The molecule has 6 heteroatoms. The van der Waals surface area contributed by atoms with Crippen LogP contribution in [-0.2, 0) is 26.8 Å². The number of sulfone groups is 1. The highest BCUT2D eigenvalue weighted by molar-refractivity contribution is 7.90. The summed E-state index contributed by atoms with van der Waals surface area (Å²) >= 11 is 0. The maximum atomic E-state index is 12.1. The molecule has 0 radical (unpaired) electrons. The highest BCUT2D eigenvalue weighted by Gasteiger charge is 2.26. The van der Waals surface area contributed by atoms with Gasteiger partial charge in [0.2, 0.25) is 0 Å². The molecule has 1 heterocycles. The van der Waals surface area contributed by atoms with Crippen LogP contribution in [0.15, 0.2) is 53.1 Å². The molecule has 1 atom stereocenters. The van der Waals surface area contributed by atoms with Gasteiger partial charge in [-0.2, -0.15) is 0 Å². The lowest BCUT2D eigenvalue weighted by Crippen LogP contribution is -2.26. The number of furan rings is 1. The minimum absolute atomic E-state index is 0.188. The molecule has 1 aromatic carbocycles. The largest absolute Gasteiger partial charge is 0.481 e. The zero-order valence-electron chi connectivity index (χ0n) is 11.3. The molecule has 0 amide bonds. The van der Waals surface area contributed by atoms with Crippen molar-refractivity contribution >= 4 is 15.8 Å². The summed E-state index contributed by atoms with van der Waals surface area (Å²) in [6, 6.07) is 12.2. The maximum absolute atomic E-state index is 12.1. The summed E-state index contributed by atoms with van der Waals surface area (Å²) in [7, 11) is -3.54. The third-order valence-corrected chi connectivity index (χ3v) is 4.71. The number of aliphatic carboxylic acids is 1. The number of carboxylic acid groups (broad SMARTS) is 1. The molecule has 0 aliphatic carbocycles. The Labute approximate surface area is 123 Å². The summed E-state index contributed by atoms with van der Waals surface area (Å²) in [5, 5.41) is 9.24. The van der Waals surface area contributed by atoms with Gasteiger partial charge in [-0.1, -0.05) is 30.3 Å². The fourth-order valence-corrected chi connectivity index (χ4v) is 3.68. The van der Waals surface area contributed by atoms with Gasteiger partial charge in [-0.05, 0) is 24.1 Å². The Bertz CT molecular complexity index is 674. The molecule has 0 aliphatic heterocycles. The second kappa shape index (κ2) is 6.58. The van der Waals surface area contributed by atoms with Gasteiger partial charge in [0.05, 0.1) is 17.9 Å². The van der Waals surface area contributed by atoms with Crippen LogP contribution in [0.4, 0.5) is 0 Å². The molecule has 0 saturated heterocycles. The quantitative estimate of drug-likeness (QED) is 0.847. The van der Waals surface area contributed by atoms with Gasteiger partial charge in [0.25, 0.3) is 0 Å². The van der Waals surface area contributed by atoms with Crippen molar-refractivity contribution in [3.05, 3.63) is 60.1 Å². The van der Waals surface area contributed by atoms with E-state index in [0.717, 1.165) is 5.56 Å². The van der Waals surface area contributed by atoms with Crippen LogP contribution in [0.1, 0.15) is 11.3 Å². The van der Waals surface area contributed by atoms with Crippen LogP contribution in [0, 0.1) is 5.92 Å². The van der Waals surface area contributed by atoms with Gasteiger partial charge >= 0.3 is 5.97 Å². The van der Waals surface area contributed by atoms with Crippen molar-refractivity contribution in [3.63, 3.8) is 0 Å². The first-order valence-electron chi connectivity index (χ1n) is 6.46. The van der Waals surface area contributed by atoms with E-state index >= 15 is 0 Å². The van der Waals surface area contributed by atoms with Crippen molar-refractivity contribution in [2.24, 2.45) is 5.92 Å². The van der Waals surface area contributed by atoms with Crippen LogP contribution in [-0.4, -0.2) is 25.2 Å². The van der Waals surface area contributed by atoms with Crippen LogP contribution in [0.2, 0.25) is 0 Å². The molecule has 5 nitrogen and oxygen atoms in total. The van der Waals surface area contributed by atoms with Crippen molar-refractivity contribution in [1.82, 2.24) is 0 Å². The minimum atomic E-state index is -3.54. The highest BCUT2D eigenvalue weighted by atomic mass is 32.2. The van der Waals surface area contributed by atoms with Gasteiger partial charge < -0.3 is 9.52 Å². The zero-order chi connectivity index (χ0) is 15.3. The molecule has 0 saturated carbocycles. The SMILES string of the molecule is O=C(O)[C@H](Cc1ccccc1)CS(=O)(=O)Cc1ccco1. The number of benzene rings is 1. The van der Waals surface area contributed by atoms with Crippen LogP contribution in [0.25, 0.3) is 0 Å². The van der Waals surface area contributed by atoms with Gasteiger partial charge in [-0.15, -0.1) is 0 Å². The minimum Gasteiger partial charge on any atom is -0.481 e. The van der Waals surface area contributed by atoms with Gasteiger partial charge in [0.15, 0.2) is 9.84 Å². The molecule has 1 aromatic heterocycles. The summed E-state index contributed by atoms with van der Waals surface area (Å²) in [6.07, 6.45) is 1.58. The van der Waals surface area contributed by atoms with E-state index in [1.54, 1.807) is 36.4 Å². The fourth-order valence-electron chi connectivity index (χ4n) is 2.09. The molecule has 0 spiro atoms. The second-order valence-corrected chi connectivity index (χ2v) is 6.97. The summed E-state index contributed by atoms with van der Waals surface area (Å²) in [5.74, 6) is -2.44. The molecular weight excluding hydrogens is 292 g/mol. The van der Waals surface area contributed by atoms with Gasteiger partial charge in [0.1, 0.15) is 11.5 Å². The second-order valence-electron chi connectivity index (χ2n) is 4.86. The number of carbonyl (C=O) groups is 1. The van der Waals surface area contributed by atoms with E-state index in [0.29, 0.717) is 5.76 Å². The lowest BCUT2D eigenvalue weighted by Gasteiger charge is -2.12. The lowest BCUT2D eigenvalue weighted by molar-refractivity contribution is -0.140. The standard InChI is InChI=1S/C15H16O5S/c16-15(17)13(9-12-5-2-1-3-6-12)10-21(18,19)11-14-7-4-8-20-14/h1-8,13H,9-11H2,(H,16,17)/t13-/m1/s1. The third kappa shape index (κ3) is 4.75. The first kappa shape index (κ1) is 15.3. The molecule has 0 bridgehead atoms. The van der Waals surface area contributed by atoms with Gasteiger partial charge in [-0.25, -0.2) is 8.42 Å². The maximum Gasteiger partial charge on any atom is 0.307 e. The third-order valence-electron chi connectivity index (χ3n) is 3.07. The number of carboxylic acids is 1. The highest BCUT2D eigenvalue weighted by Crippen LogP contribution is 2.15. The number of rotatable bonds is 7. The molecule has 0 unspecified atom stereocenters. The molecule has 1 N–H and O–H groups in total. The Kier molecular flexibility index (Phi) is 4.80. The molecule has 112 valence electrons. The number of hydrogen-bond donors (Lipinski definition) is 1. The zero-order valence-corrected chi connectivity index (χ0v) is 12.1. The summed E-state index contributed by atoms with van der Waals surface area (Å²) in [4.78, 5) is 11.3. The molecule has 2 rings (SSSR count). The van der Waals surface area contributed by atoms with E-state index in [2.05, 4.69) is 0 Å². The van der Waals surface area contributed by atoms with Crippen LogP contribution in [0.3, 0.4) is 0 Å². The molecular formula is C15H16O5S. The van der Waals surface area contributed by atoms with Crippen LogP contribution in [0.5, 0.6) is 0 Å². The Morgan fingerprint density at radius 2 is 1.86 bits per heavy atom. The van der Waals surface area contributed by atoms with Crippen molar-refractivity contribution in [2.45, 2.75) is 12.2 Å². The topological polar surface area (TPSA) is 84.6 Å². The van der Waals surface area contributed by atoms with Crippen LogP contribution >= 0.6 is 0 Å². The van der Waals surface area contributed by atoms with Crippen molar-refractivity contribution < 1.29 is 22.7 Å². The smallest absolute Gasteiger partial charge is 0.307 e. The predicted octanol–water partition coefficient (Wildman–Crippen LogP) is 2.14. The molecule has 21 heavy (non-hydrogen) atoms.